The molecule has 0 aliphatic heterocycles. The Bertz CT molecular complexity index is 566. The van der Waals surface area contributed by atoms with Crippen LogP contribution in [0.25, 0.3) is 11.0 Å². The van der Waals surface area contributed by atoms with E-state index >= 15 is 0 Å². The number of benzene rings is 1. The Morgan fingerprint density at radius 3 is 2.50 bits per heavy atom. The highest BCUT2D eigenvalue weighted by Crippen LogP contribution is 2.18. The van der Waals surface area contributed by atoms with E-state index in [0.29, 0.717) is 6.04 Å². The van der Waals surface area contributed by atoms with Crippen LogP contribution in [0.2, 0.25) is 0 Å². The molecule has 3 N–H and O–H groups in total. The minimum atomic E-state index is -0.150. The lowest BCUT2D eigenvalue weighted by atomic mass is 10.0. The van der Waals surface area contributed by atoms with Crippen LogP contribution in [0.1, 0.15) is 45.2 Å². The summed E-state index contributed by atoms with van der Waals surface area (Å²) in [6.07, 6.45) is 2.26. The van der Waals surface area contributed by atoms with Crippen LogP contribution in [0, 0.1) is 0 Å². The molecule has 18 heavy (non-hydrogen) atoms. The maximum Gasteiger partial charge on any atom is 0.323 e. The molecule has 98 valence electrons. The summed E-state index contributed by atoms with van der Waals surface area (Å²) in [6, 6.07) is 6.88. The summed E-state index contributed by atoms with van der Waals surface area (Å²) < 4.78 is 0. The maximum atomic E-state index is 11.2. The molecule has 1 aromatic heterocycles. The van der Waals surface area contributed by atoms with Crippen molar-refractivity contribution in [3.05, 3.63) is 34.2 Å². The van der Waals surface area contributed by atoms with E-state index in [2.05, 4.69) is 42.1 Å². The van der Waals surface area contributed by atoms with Gasteiger partial charge in [0.2, 0.25) is 0 Å². The van der Waals surface area contributed by atoms with Crippen LogP contribution in [-0.4, -0.2) is 16.0 Å². The van der Waals surface area contributed by atoms with Gasteiger partial charge < -0.3 is 15.3 Å². The van der Waals surface area contributed by atoms with E-state index in [0.717, 1.165) is 23.9 Å². The van der Waals surface area contributed by atoms with Crippen LogP contribution in [0.5, 0.6) is 0 Å². The Hall–Kier alpha value is -1.55. The second-order valence-corrected chi connectivity index (χ2v) is 4.79. The van der Waals surface area contributed by atoms with Gasteiger partial charge in [-0.15, -0.1) is 0 Å². The zero-order chi connectivity index (χ0) is 13.1. The number of hydrogen-bond donors (Lipinski definition) is 3. The molecule has 1 atom stereocenters. The second kappa shape index (κ2) is 5.40. The lowest BCUT2D eigenvalue weighted by Gasteiger charge is -2.21. The average molecular weight is 247 g/mol. The average Bonchev–Trinajstić information content (AvgIpc) is 2.74. The van der Waals surface area contributed by atoms with Gasteiger partial charge in [0.15, 0.2) is 0 Å². The maximum absolute atomic E-state index is 11.2. The molecular formula is C14H21N3O. The van der Waals surface area contributed by atoms with Crippen molar-refractivity contribution < 1.29 is 0 Å². The fourth-order valence-electron chi connectivity index (χ4n) is 2.29. The molecular weight excluding hydrogens is 226 g/mol. The molecule has 2 aromatic rings. The molecule has 4 heteroatoms. The fourth-order valence-corrected chi connectivity index (χ4v) is 2.29. The number of imidazole rings is 1. The predicted octanol–water partition coefficient (Wildman–Crippen LogP) is 2.70. The van der Waals surface area contributed by atoms with E-state index in [9.17, 15) is 4.79 Å². The first-order chi connectivity index (χ1) is 8.63. The normalized spacial score (nSPS) is 13.3. The van der Waals surface area contributed by atoms with Gasteiger partial charge in [0.25, 0.3) is 0 Å². The largest absolute Gasteiger partial charge is 0.323 e. The van der Waals surface area contributed by atoms with E-state index in [1.54, 1.807) is 0 Å². The molecule has 0 spiro atoms. The fraction of sp³-hybridized carbons (Fsp3) is 0.500. The molecule has 1 heterocycles. The highest BCUT2D eigenvalue weighted by molar-refractivity contribution is 5.75. The standard InChI is InChI=1S/C14H21N3O/c1-4-11(5-2)15-9(3)10-6-7-12-13(8-10)17-14(18)16-12/h6-9,11,15H,4-5H2,1-3H3,(H2,16,17,18). The quantitative estimate of drug-likeness (QED) is 0.760. The van der Waals surface area contributed by atoms with Crippen LogP contribution in [0.3, 0.4) is 0 Å². The van der Waals surface area contributed by atoms with E-state index in [1.165, 1.54) is 5.56 Å². The zero-order valence-electron chi connectivity index (χ0n) is 11.2. The molecule has 1 unspecified atom stereocenters. The van der Waals surface area contributed by atoms with Gasteiger partial charge in [0, 0.05) is 12.1 Å². The smallest absolute Gasteiger partial charge is 0.307 e. The van der Waals surface area contributed by atoms with Gasteiger partial charge in [-0.3, -0.25) is 0 Å². The number of H-pyrrole nitrogens is 2. The van der Waals surface area contributed by atoms with Crippen LogP contribution in [-0.2, 0) is 0 Å². The number of rotatable bonds is 5. The number of hydrogen-bond acceptors (Lipinski definition) is 2. The van der Waals surface area contributed by atoms with Crippen molar-refractivity contribution in [1.29, 1.82) is 0 Å². The molecule has 4 nitrogen and oxygen atoms in total. The van der Waals surface area contributed by atoms with Crippen molar-refractivity contribution >= 4 is 11.0 Å². The van der Waals surface area contributed by atoms with Crippen molar-refractivity contribution in [2.24, 2.45) is 0 Å². The molecule has 0 aliphatic rings. The number of aromatic amines is 2. The molecule has 0 fully saturated rings. The monoisotopic (exact) mass is 247 g/mol. The topological polar surface area (TPSA) is 60.7 Å². The Labute approximate surface area is 107 Å². The van der Waals surface area contributed by atoms with Crippen LogP contribution >= 0.6 is 0 Å². The molecule has 1 aromatic carbocycles. The Balaban J connectivity index is 2.21. The van der Waals surface area contributed by atoms with Crippen molar-refractivity contribution in [1.82, 2.24) is 15.3 Å². The molecule has 0 saturated carbocycles. The van der Waals surface area contributed by atoms with Gasteiger partial charge in [-0.25, -0.2) is 4.79 Å². The lowest BCUT2D eigenvalue weighted by Crippen LogP contribution is -2.30. The third kappa shape index (κ3) is 2.64. The molecule has 0 aliphatic carbocycles. The molecule has 0 saturated heterocycles. The summed E-state index contributed by atoms with van der Waals surface area (Å²) in [4.78, 5) is 16.8. The Morgan fingerprint density at radius 1 is 1.17 bits per heavy atom. The third-order valence-corrected chi connectivity index (χ3v) is 3.51. The van der Waals surface area contributed by atoms with E-state index in [1.807, 2.05) is 12.1 Å². The summed E-state index contributed by atoms with van der Waals surface area (Å²) in [5, 5.41) is 3.60. The summed E-state index contributed by atoms with van der Waals surface area (Å²) in [5.74, 6) is 0. The van der Waals surface area contributed by atoms with Gasteiger partial charge in [-0.05, 0) is 37.5 Å². The number of aromatic nitrogens is 2. The Kier molecular flexibility index (Phi) is 3.87. The molecule has 2 rings (SSSR count). The predicted molar refractivity (Wildman–Crippen MR) is 74.8 cm³/mol. The minimum Gasteiger partial charge on any atom is -0.307 e. The molecule has 0 amide bonds. The zero-order valence-corrected chi connectivity index (χ0v) is 11.2. The number of nitrogens with one attached hydrogen (secondary N) is 3. The van der Waals surface area contributed by atoms with Gasteiger partial charge in [0.05, 0.1) is 11.0 Å². The van der Waals surface area contributed by atoms with Gasteiger partial charge in [-0.1, -0.05) is 19.9 Å². The number of fused-ring (bicyclic) bond motifs is 1. The summed E-state index contributed by atoms with van der Waals surface area (Å²) >= 11 is 0. The summed E-state index contributed by atoms with van der Waals surface area (Å²) in [7, 11) is 0. The van der Waals surface area contributed by atoms with E-state index in [4.69, 9.17) is 0 Å². The van der Waals surface area contributed by atoms with Crippen molar-refractivity contribution in [2.45, 2.75) is 45.7 Å². The van der Waals surface area contributed by atoms with Gasteiger partial charge in [0.1, 0.15) is 0 Å². The van der Waals surface area contributed by atoms with Crippen LogP contribution < -0.4 is 11.0 Å². The minimum absolute atomic E-state index is 0.150. The van der Waals surface area contributed by atoms with Crippen molar-refractivity contribution in [3.63, 3.8) is 0 Å². The van der Waals surface area contributed by atoms with Crippen molar-refractivity contribution in [2.75, 3.05) is 0 Å². The molecule has 0 bridgehead atoms. The summed E-state index contributed by atoms with van der Waals surface area (Å²) in [6.45, 7) is 6.55. The lowest BCUT2D eigenvalue weighted by molar-refractivity contribution is 0.432. The third-order valence-electron chi connectivity index (χ3n) is 3.51. The van der Waals surface area contributed by atoms with Crippen LogP contribution in [0.15, 0.2) is 23.0 Å². The first-order valence-corrected chi connectivity index (χ1v) is 6.62. The van der Waals surface area contributed by atoms with Crippen molar-refractivity contribution in [3.8, 4) is 0 Å². The highest BCUT2D eigenvalue weighted by Gasteiger charge is 2.11. The second-order valence-electron chi connectivity index (χ2n) is 4.79. The van der Waals surface area contributed by atoms with E-state index < -0.39 is 0 Å². The van der Waals surface area contributed by atoms with Crippen LogP contribution in [0.4, 0.5) is 0 Å². The molecule has 0 radical (unpaired) electrons. The van der Waals surface area contributed by atoms with Gasteiger partial charge >= 0.3 is 5.69 Å². The summed E-state index contributed by atoms with van der Waals surface area (Å²) in [5.41, 5.74) is 2.78. The Morgan fingerprint density at radius 2 is 1.83 bits per heavy atom. The first-order valence-electron chi connectivity index (χ1n) is 6.62. The van der Waals surface area contributed by atoms with Gasteiger partial charge in [-0.2, -0.15) is 0 Å². The van der Waals surface area contributed by atoms with E-state index in [-0.39, 0.29) is 11.7 Å². The highest BCUT2D eigenvalue weighted by atomic mass is 16.1. The first kappa shape index (κ1) is 12.9. The SMILES string of the molecule is CCC(CC)NC(C)c1ccc2[nH]c(=O)[nH]c2c1.